The molecule has 0 aliphatic heterocycles. The molecule has 1 fully saturated rings. The highest BCUT2D eigenvalue weighted by Gasteiger charge is 2.39. The molecule has 0 radical (unpaired) electrons. The van der Waals surface area contributed by atoms with Crippen molar-refractivity contribution in [3.8, 4) is 6.07 Å². The zero-order valence-corrected chi connectivity index (χ0v) is 13.4. The standard InChI is InChI=1S/C17H17N3O2S/c18-10-13-5-3-12(4-6-13)9-14-11-19-16(23-14)20-15(21)17(22)7-1-2-8-17/h3-6,11,22H,1-2,7-9H2,(H,19,20,21). The van der Waals surface area contributed by atoms with E-state index in [2.05, 4.69) is 16.4 Å². The van der Waals surface area contributed by atoms with Crippen molar-refractivity contribution in [3.63, 3.8) is 0 Å². The number of anilines is 1. The van der Waals surface area contributed by atoms with Gasteiger partial charge in [0.15, 0.2) is 5.13 Å². The van der Waals surface area contributed by atoms with E-state index in [1.165, 1.54) is 11.3 Å². The summed E-state index contributed by atoms with van der Waals surface area (Å²) in [5, 5.41) is 22.3. The van der Waals surface area contributed by atoms with E-state index in [0.29, 0.717) is 30.0 Å². The van der Waals surface area contributed by atoms with Crippen LogP contribution in [0, 0.1) is 11.3 Å². The number of amides is 1. The van der Waals surface area contributed by atoms with E-state index in [1.54, 1.807) is 18.3 Å². The van der Waals surface area contributed by atoms with Gasteiger partial charge in [-0.05, 0) is 43.4 Å². The van der Waals surface area contributed by atoms with E-state index < -0.39 is 5.60 Å². The van der Waals surface area contributed by atoms with Gasteiger partial charge in [0.2, 0.25) is 0 Å². The maximum atomic E-state index is 12.1. The lowest BCUT2D eigenvalue weighted by Crippen LogP contribution is -2.40. The average molecular weight is 327 g/mol. The van der Waals surface area contributed by atoms with Crippen LogP contribution in [0.2, 0.25) is 0 Å². The summed E-state index contributed by atoms with van der Waals surface area (Å²) in [5.41, 5.74) is 0.481. The lowest BCUT2D eigenvalue weighted by atomic mass is 10.0. The van der Waals surface area contributed by atoms with Crippen molar-refractivity contribution in [3.05, 3.63) is 46.5 Å². The van der Waals surface area contributed by atoms with Crippen LogP contribution in [0.3, 0.4) is 0 Å². The number of nitriles is 1. The molecule has 23 heavy (non-hydrogen) atoms. The number of aromatic nitrogens is 1. The summed E-state index contributed by atoms with van der Waals surface area (Å²) >= 11 is 1.40. The molecule has 0 atom stereocenters. The molecule has 1 aromatic heterocycles. The van der Waals surface area contributed by atoms with Gasteiger partial charge in [-0.15, -0.1) is 11.3 Å². The Hall–Kier alpha value is -2.23. The lowest BCUT2D eigenvalue weighted by molar-refractivity contribution is -0.133. The normalized spacial score (nSPS) is 16.0. The number of hydrogen-bond acceptors (Lipinski definition) is 5. The second-order valence-corrected chi connectivity index (χ2v) is 6.93. The molecule has 0 unspecified atom stereocenters. The zero-order chi connectivity index (χ0) is 16.3. The van der Waals surface area contributed by atoms with Crippen LogP contribution in [0.25, 0.3) is 0 Å². The van der Waals surface area contributed by atoms with Gasteiger partial charge in [0.25, 0.3) is 5.91 Å². The summed E-state index contributed by atoms with van der Waals surface area (Å²) in [4.78, 5) is 17.4. The summed E-state index contributed by atoms with van der Waals surface area (Å²) in [6, 6.07) is 9.49. The number of carbonyl (C=O) groups is 1. The number of aliphatic hydroxyl groups is 1. The quantitative estimate of drug-likeness (QED) is 0.904. The molecule has 0 saturated heterocycles. The number of benzene rings is 1. The van der Waals surface area contributed by atoms with E-state index in [-0.39, 0.29) is 5.91 Å². The van der Waals surface area contributed by atoms with Crippen LogP contribution in [-0.4, -0.2) is 21.6 Å². The molecule has 1 aliphatic carbocycles. The minimum absolute atomic E-state index is 0.353. The maximum Gasteiger partial charge on any atom is 0.258 e. The van der Waals surface area contributed by atoms with Crippen molar-refractivity contribution in [2.24, 2.45) is 0 Å². The Labute approximate surface area is 138 Å². The number of thiazole rings is 1. The molecule has 1 saturated carbocycles. The molecule has 6 heteroatoms. The van der Waals surface area contributed by atoms with Gasteiger partial charge in [-0.2, -0.15) is 5.26 Å². The maximum absolute atomic E-state index is 12.1. The van der Waals surface area contributed by atoms with Crippen molar-refractivity contribution in [2.45, 2.75) is 37.7 Å². The zero-order valence-electron chi connectivity index (χ0n) is 12.6. The topological polar surface area (TPSA) is 86.0 Å². The largest absolute Gasteiger partial charge is 0.380 e. The van der Waals surface area contributed by atoms with E-state index in [9.17, 15) is 9.90 Å². The van der Waals surface area contributed by atoms with Gasteiger partial charge in [-0.3, -0.25) is 10.1 Å². The molecular formula is C17H17N3O2S. The highest BCUT2D eigenvalue weighted by atomic mass is 32.1. The van der Waals surface area contributed by atoms with E-state index in [1.807, 2.05) is 12.1 Å². The number of rotatable bonds is 4. The Morgan fingerprint density at radius 3 is 2.70 bits per heavy atom. The third-order valence-corrected chi connectivity index (χ3v) is 5.00. The molecular weight excluding hydrogens is 310 g/mol. The highest BCUT2D eigenvalue weighted by molar-refractivity contribution is 7.15. The van der Waals surface area contributed by atoms with Crippen LogP contribution in [-0.2, 0) is 11.2 Å². The Balaban J connectivity index is 1.63. The molecule has 3 rings (SSSR count). The first-order valence-corrected chi connectivity index (χ1v) is 8.38. The third-order valence-electron chi connectivity index (χ3n) is 4.09. The van der Waals surface area contributed by atoms with Crippen molar-refractivity contribution in [1.29, 1.82) is 5.26 Å². The number of carbonyl (C=O) groups excluding carboxylic acids is 1. The van der Waals surface area contributed by atoms with Gasteiger partial charge in [-0.1, -0.05) is 12.1 Å². The van der Waals surface area contributed by atoms with E-state index in [4.69, 9.17) is 5.26 Å². The molecule has 1 aliphatic rings. The summed E-state index contributed by atoms with van der Waals surface area (Å²) < 4.78 is 0. The van der Waals surface area contributed by atoms with Gasteiger partial charge >= 0.3 is 0 Å². The molecule has 1 aromatic carbocycles. The Kier molecular flexibility index (Phi) is 4.42. The minimum atomic E-state index is -1.24. The van der Waals surface area contributed by atoms with Crippen LogP contribution in [0.1, 0.15) is 41.7 Å². The smallest absolute Gasteiger partial charge is 0.258 e. The molecule has 118 valence electrons. The Morgan fingerprint density at radius 2 is 2.04 bits per heavy atom. The van der Waals surface area contributed by atoms with Crippen molar-refractivity contribution in [2.75, 3.05) is 5.32 Å². The molecule has 1 heterocycles. The summed E-state index contributed by atoms with van der Waals surface area (Å²) in [6.07, 6.45) is 5.22. The fourth-order valence-corrected chi connectivity index (χ4v) is 3.59. The van der Waals surface area contributed by atoms with Crippen LogP contribution in [0.4, 0.5) is 5.13 Å². The van der Waals surface area contributed by atoms with Gasteiger partial charge in [0.1, 0.15) is 5.60 Å². The SMILES string of the molecule is N#Cc1ccc(Cc2cnc(NC(=O)C3(O)CCCC3)s2)cc1. The summed E-state index contributed by atoms with van der Waals surface area (Å²) in [6.45, 7) is 0. The van der Waals surface area contributed by atoms with Gasteiger partial charge < -0.3 is 5.11 Å². The van der Waals surface area contributed by atoms with Crippen molar-refractivity contribution < 1.29 is 9.90 Å². The number of nitrogens with one attached hydrogen (secondary N) is 1. The second kappa shape index (κ2) is 6.49. The van der Waals surface area contributed by atoms with Crippen LogP contribution in [0.5, 0.6) is 0 Å². The van der Waals surface area contributed by atoms with Crippen LogP contribution < -0.4 is 5.32 Å². The van der Waals surface area contributed by atoms with Gasteiger partial charge in [-0.25, -0.2) is 4.98 Å². The fourth-order valence-electron chi connectivity index (χ4n) is 2.75. The predicted octanol–water partition coefficient (Wildman–Crippen LogP) is 2.85. The van der Waals surface area contributed by atoms with Gasteiger partial charge in [0, 0.05) is 17.5 Å². The van der Waals surface area contributed by atoms with Crippen LogP contribution >= 0.6 is 11.3 Å². The third kappa shape index (κ3) is 3.58. The first-order chi connectivity index (χ1) is 11.1. The van der Waals surface area contributed by atoms with Crippen molar-refractivity contribution in [1.82, 2.24) is 4.98 Å². The molecule has 0 spiro atoms. The first-order valence-electron chi connectivity index (χ1n) is 7.57. The van der Waals surface area contributed by atoms with Crippen LogP contribution in [0.15, 0.2) is 30.5 Å². The summed E-state index contributed by atoms with van der Waals surface area (Å²) in [7, 11) is 0. The fraction of sp³-hybridized carbons (Fsp3) is 0.353. The van der Waals surface area contributed by atoms with Gasteiger partial charge in [0.05, 0.1) is 11.6 Å². The molecule has 5 nitrogen and oxygen atoms in total. The van der Waals surface area contributed by atoms with E-state index >= 15 is 0 Å². The number of nitrogens with zero attached hydrogens (tertiary/aromatic N) is 2. The average Bonchev–Trinajstić information content (AvgIpc) is 3.18. The summed E-state index contributed by atoms with van der Waals surface area (Å²) in [5.74, 6) is -0.353. The molecule has 2 aromatic rings. The Morgan fingerprint density at radius 1 is 1.35 bits per heavy atom. The Bertz CT molecular complexity index is 740. The van der Waals surface area contributed by atoms with E-state index in [0.717, 1.165) is 23.3 Å². The number of hydrogen-bond donors (Lipinski definition) is 2. The lowest BCUT2D eigenvalue weighted by Gasteiger charge is -2.19. The molecule has 2 N–H and O–H groups in total. The first kappa shape index (κ1) is 15.7. The van der Waals surface area contributed by atoms with Crippen molar-refractivity contribution >= 4 is 22.4 Å². The highest BCUT2D eigenvalue weighted by Crippen LogP contribution is 2.31. The molecule has 0 bridgehead atoms. The predicted molar refractivity (Wildman–Crippen MR) is 88.1 cm³/mol. The molecule has 1 amide bonds. The minimum Gasteiger partial charge on any atom is -0.380 e. The second-order valence-electron chi connectivity index (χ2n) is 5.81. The monoisotopic (exact) mass is 327 g/mol.